The average molecular weight is 650 g/mol. The Labute approximate surface area is 295 Å². The van der Waals surface area contributed by atoms with Crippen molar-refractivity contribution >= 4 is 43.4 Å². The van der Waals surface area contributed by atoms with Gasteiger partial charge < -0.3 is 5.99 Å². The molecular weight excluding hydrogens is 621 g/mol. The minimum atomic E-state index is 0. The molecule has 0 saturated carbocycles. The molecule has 0 unspecified atom stereocenters. The molecule has 0 spiro atoms. The van der Waals surface area contributed by atoms with Crippen LogP contribution in [0.1, 0.15) is 1.43 Å². The normalized spacial score (nSPS) is 11.9. The van der Waals surface area contributed by atoms with E-state index in [0.29, 0.717) is 17.5 Å². The maximum Gasteiger partial charge on any atom is 0.166 e. The van der Waals surface area contributed by atoms with E-state index in [9.17, 15) is 0 Å². The van der Waals surface area contributed by atoms with Crippen LogP contribution in [-0.2, 0) is 0 Å². The van der Waals surface area contributed by atoms with Crippen LogP contribution < -0.4 is 0 Å². The van der Waals surface area contributed by atoms with Crippen molar-refractivity contribution < 1.29 is 1.43 Å². The lowest BCUT2D eigenvalue weighted by atomic mass is 9.93. The smallest absolute Gasteiger partial charge is 0.166 e. The molecule has 0 radical (unpaired) electrons. The molecule has 4 nitrogen and oxygen atoms in total. The third-order valence-electron chi connectivity index (χ3n) is 10.4. The molecule has 0 atom stereocenters. The zero-order valence-electron chi connectivity index (χ0n) is 28.5. The first kappa shape index (κ1) is 28.0. The summed E-state index contributed by atoms with van der Waals surface area (Å²) in [5.41, 5.74) is 11.2. The Morgan fingerprint density at radius 3 is 1.53 bits per heavy atom. The number of rotatable bonds is 4. The van der Waals surface area contributed by atoms with Gasteiger partial charge in [0.15, 0.2) is 17.5 Å². The number of fused-ring (bicyclic) bond motifs is 4. The second-order valence-electron chi connectivity index (χ2n) is 13.2. The second-order valence-corrected chi connectivity index (χ2v) is 13.2. The summed E-state index contributed by atoms with van der Waals surface area (Å²) in [6.07, 6.45) is 0. The molecule has 0 N–H and O–H groups in total. The molecule has 0 amide bonds. The average Bonchev–Trinajstić information content (AvgIpc) is 3.49. The highest BCUT2D eigenvalue weighted by molar-refractivity contribution is 6.30. The Bertz CT molecular complexity index is 2960. The van der Waals surface area contributed by atoms with Gasteiger partial charge in [-0.15, -0.1) is 0 Å². The highest BCUT2D eigenvalue weighted by Gasteiger charge is 2.26. The molecule has 10 aromatic rings. The van der Waals surface area contributed by atoms with Crippen LogP contribution in [0.2, 0.25) is 0 Å². The molecule has 11 rings (SSSR count). The summed E-state index contributed by atoms with van der Waals surface area (Å²) >= 11 is 0. The number of nitrogens with zero attached hydrogens (tertiary/aromatic N) is 4. The van der Waals surface area contributed by atoms with Gasteiger partial charge in [-0.3, -0.25) is 0 Å². The summed E-state index contributed by atoms with van der Waals surface area (Å²) in [5.74, 6) is 1.92. The third-order valence-corrected chi connectivity index (χ3v) is 10.4. The lowest BCUT2D eigenvalue weighted by Gasteiger charge is -2.17. The molecule has 1 aliphatic rings. The molecule has 0 aliphatic heterocycles. The van der Waals surface area contributed by atoms with E-state index in [1.807, 2.05) is 36.4 Å². The third kappa shape index (κ3) is 4.17. The molecular formula is C47H29N4-. The predicted molar refractivity (Wildman–Crippen MR) is 211 cm³/mol. The summed E-state index contributed by atoms with van der Waals surface area (Å²) in [7, 11) is 0. The Kier molecular flexibility index (Phi) is 5.92. The first-order valence-corrected chi connectivity index (χ1v) is 17.3. The van der Waals surface area contributed by atoms with Crippen molar-refractivity contribution in [3.8, 4) is 62.1 Å². The van der Waals surface area contributed by atoms with Crippen LogP contribution in [0, 0.1) is 0 Å². The van der Waals surface area contributed by atoms with Crippen LogP contribution in [0.3, 0.4) is 0 Å². The van der Waals surface area contributed by atoms with Gasteiger partial charge in [-0.1, -0.05) is 146 Å². The van der Waals surface area contributed by atoms with Crippen molar-refractivity contribution in [1.29, 1.82) is 0 Å². The molecule has 2 aromatic heterocycles. The van der Waals surface area contributed by atoms with Crippen molar-refractivity contribution in [2.75, 3.05) is 0 Å². The zero-order valence-corrected chi connectivity index (χ0v) is 27.5. The summed E-state index contributed by atoms with van der Waals surface area (Å²) in [5, 5.41) is 7.35. The Hall–Kier alpha value is -6.91. The van der Waals surface area contributed by atoms with Crippen LogP contribution in [0.5, 0.6) is 0 Å². The van der Waals surface area contributed by atoms with E-state index in [2.05, 4.69) is 138 Å². The van der Waals surface area contributed by atoms with Gasteiger partial charge in [0.2, 0.25) is 0 Å². The maximum atomic E-state index is 5.22. The fraction of sp³-hybridized carbons (Fsp3) is 0. The van der Waals surface area contributed by atoms with Crippen molar-refractivity contribution in [3.05, 3.63) is 170 Å². The van der Waals surface area contributed by atoms with Crippen molar-refractivity contribution in [3.63, 3.8) is 0 Å². The van der Waals surface area contributed by atoms with E-state index in [-0.39, 0.29) is 1.43 Å². The van der Waals surface area contributed by atoms with Crippen LogP contribution in [-0.4, -0.2) is 19.5 Å². The van der Waals surface area contributed by atoms with Crippen molar-refractivity contribution in [2.24, 2.45) is 0 Å². The Morgan fingerprint density at radius 2 is 0.843 bits per heavy atom. The summed E-state index contributed by atoms with van der Waals surface area (Å²) in [6, 6.07) is 60.3. The topological polar surface area (TPSA) is 43.6 Å². The molecule has 8 aromatic carbocycles. The summed E-state index contributed by atoms with van der Waals surface area (Å²) < 4.78 is 2.44. The molecule has 2 heterocycles. The van der Waals surface area contributed by atoms with E-state index in [1.54, 1.807) is 0 Å². The molecule has 1 aliphatic carbocycles. The number of aromatic nitrogens is 4. The van der Waals surface area contributed by atoms with E-state index < -0.39 is 0 Å². The van der Waals surface area contributed by atoms with Gasteiger partial charge in [-0.2, -0.15) is 0 Å². The van der Waals surface area contributed by atoms with E-state index in [1.165, 1.54) is 43.8 Å². The van der Waals surface area contributed by atoms with Crippen LogP contribution >= 0.6 is 0 Å². The lowest BCUT2D eigenvalue weighted by Crippen LogP contribution is -2.04. The SMILES string of the molecule is [H-].c1ccc(-c2nc(-c3ccccc3)nc(-c3cc4ccccc4cc3-n3c4cccc5c4c4c6c(cccc6ccc43)-c3ccccc3-5)n2)cc1. The van der Waals surface area contributed by atoms with Crippen LogP contribution in [0.25, 0.3) is 105 Å². The van der Waals surface area contributed by atoms with Crippen molar-refractivity contribution in [2.45, 2.75) is 0 Å². The number of hydrogen-bond acceptors (Lipinski definition) is 3. The maximum absolute atomic E-state index is 5.22. The fourth-order valence-corrected chi connectivity index (χ4v) is 8.11. The van der Waals surface area contributed by atoms with E-state index in [4.69, 9.17) is 15.0 Å². The molecule has 0 saturated heterocycles. The number of hydrogen-bond donors (Lipinski definition) is 0. The standard InChI is InChI=1S/C47H28N4.H/c1-3-13-30(14-4-1)45-48-46(31-15-5-2-6-16-31)50-47(49-45)38-27-32-17-7-8-18-33(32)28-41(38)51-39-24-12-23-37-35-21-10-9-20-34(35)36-22-11-19-29-25-26-40(51)44(42(29)36)43(37)39;/h1-28H;/q;-1. The molecule has 51 heavy (non-hydrogen) atoms. The lowest BCUT2D eigenvalue weighted by molar-refractivity contribution is 1.07. The highest BCUT2D eigenvalue weighted by Crippen LogP contribution is 2.50. The number of benzene rings is 8. The predicted octanol–water partition coefficient (Wildman–Crippen LogP) is 12.0. The van der Waals surface area contributed by atoms with Gasteiger partial charge in [0.1, 0.15) is 0 Å². The molecule has 238 valence electrons. The van der Waals surface area contributed by atoms with E-state index in [0.717, 1.165) is 44.2 Å². The Morgan fingerprint density at radius 1 is 0.333 bits per heavy atom. The van der Waals surface area contributed by atoms with Gasteiger partial charge in [-0.05, 0) is 68.1 Å². The summed E-state index contributed by atoms with van der Waals surface area (Å²) in [6.45, 7) is 0. The highest BCUT2D eigenvalue weighted by atomic mass is 15.1. The van der Waals surface area contributed by atoms with Gasteiger partial charge in [0.05, 0.1) is 16.7 Å². The summed E-state index contributed by atoms with van der Waals surface area (Å²) in [4.78, 5) is 15.5. The molecule has 0 bridgehead atoms. The minimum absolute atomic E-state index is 0. The van der Waals surface area contributed by atoms with Crippen LogP contribution in [0.4, 0.5) is 0 Å². The monoisotopic (exact) mass is 649 g/mol. The Balaban J connectivity index is 0.00000338. The molecule has 4 heteroatoms. The fourth-order valence-electron chi connectivity index (χ4n) is 8.11. The first-order chi connectivity index (χ1) is 25.3. The quantitative estimate of drug-likeness (QED) is 0.191. The first-order valence-electron chi connectivity index (χ1n) is 17.3. The van der Waals surface area contributed by atoms with Crippen LogP contribution in [0.15, 0.2) is 170 Å². The van der Waals surface area contributed by atoms with Crippen molar-refractivity contribution in [1.82, 2.24) is 19.5 Å². The largest absolute Gasteiger partial charge is 1.00 e. The van der Waals surface area contributed by atoms with Gasteiger partial charge in [0.25, 0.3) is 0 Å². The second kappa shape index (κ2) is 10.8. The van der Waals surface area contributed by atoms with Gasteiger partial charge >= 0.3 is 0 Å². The molecule has 0 fully saturated rings. The van der Waals surface area contributed by atoms with E-state index >= 15 is 0 Å². The minimum Gasteiger partial charge on any atom is -1.00 e. The van der Waals surface area contributed by atoms with Gasteiger partial charge in [0, 0.05) is 27.5 Å². The zero-order chi connectivity index (χ0) is 33.5. The van der Waals surface area contributed by atoms with Gasteiger partial charge in [-0.25, -0.2) is 15.0 Å².